The smallest absolute Gasteiger partial charge is 0.422 e. The molecule has 0 aliphatic rings. The molecule has 0 spiro atoms. The van der Waals surface area contributed by atoms with Crippen LogP contribution in [0.15, 0.2) is 24.4 Å². The van der Waals surface area contributed by atoms with Gasteiger partial charge >= 0.3 is 6.18 Å². The van der Waals surface area contributed by atoms with Gasteiger partial charge in [0.2, 0.25) is 5.88 Å². The maximum absolute atomic E-state index is 11.8. The highest BCUT2D eigenvalue weighted by atomic mass is 79.9. The zero-order valence-electron chi connectivity index (χ0n) is 8.17. The van der Waals surface area contributed by atoms with Crippen molar-refractivity contribution in [2.45, 2.75) is 6.18 Å². The number of ether oxygens (including phenoxy) is 1. The lowest BCUT2D eigenvalue weighted by Crippen LogP contribution is -2.19. The van der Waals surface area contributed by atoms with Crippen molar-refractivity contribution in [2.75, 3.05) is 11.9 Å². The number of allylic oxidation sites excluding steroid dienone is 1. The average Bonchev–Trinajstić information content (AvgIpc) is 2.24. The largest absolute Gasteiger partial charge is 0.468 e. The SMILES string of the molecule is FC(F)(F)COc1ccc(C=CCBr)cn1. The number of hydrogen-bond donors (Lipinski definition) is 0. The second kappa shape index (κ2) is 5.89. The molecule has 0 aliphatic carbocycles. The molecule has 88 valence electrons. The van der Waals surface area contributed by atoms with Crippen LogP contribution in [0.5, 0.6) is 5.88 Å². The predicted molar refractivity (Wildman–Crippen MR) is 58.6 cm³/mol. The highest BCUT2D eigenvalue weighted by molar-refractivity contribution is 9.09. The minimum atomic E-state index is -4.34. The third-order valence-corrected chi connectivity index (χ3v) is 1.92. The van der Waals surface area contributed by atoms with Crippen LogP contribution in [0.4, 0.5) is 13.2 Å². The second-order valence-corrected chi connectivity index (χ2v) is 3.54. The van der Waals surface area contributed by atoms with Gasteiger partial charge in [-0.1, -0.05) is 28.1 Å². The molecule has 1 aromatic heterocycles. The van der Waals surface area contributed by atoms with E-state index in [0.717, 1.165) is 5.56 Å². The standard InChI is InChI=1S/C10H9BrF3NO/c11-5-1-2-8-3-4-9(15-6-8)16-7-10(12,13)14/h1-4,6H,5,7H2. The Morgan fingerprint density at radius 2 is 2.12 bits per heavy atom. The van der Waals surface area contributed by atoms with E-state index in [1.165, 1.54) is 12.3 Å². The van der Waals surface area contributed by atoms with Crippen molar-refractivity contribution < 1.29 is 17.9 Å². The Morgan fingerprint density at radius 1 is 1.38 bits per heavy atom. The number of alkyl halides is 4. The Morgan fingerprint density at radius 3 is 2.62 bits per heavy atom. The first-order chi connectivity index (χ1) is 7.51. The van der Waals surface area contributed by atoms with Crippen LogP contribution in [0, 0.1) is 0 Å². The van der Waals surface area contributed by atoms with Crippen LogP contribution in [0.2, 0.25) is 0 Å². The van der Waals surface area contributed by atoms with Gasteiger partial charge in [-0.05, 0) is 11.6 Å². The molecule has 1 aromatic rings. The van der Waals surface area contributed by atoms with Crippen molar-refractivity contribution in [3.05, 3.63) is 30.0 Å². The van der Waals surface area contributed by atoms with E-state index in [1.807, 2.05) is 6.08 Å². The van der Waals surface area contributed by atoms with Crippen LogP contribution in [0.1, 0.15) is 5.56 Å². The van der Waals surface area contributed by atoms with E-state index in [2.05, 4.69) is 25.7 Å². The normalized spacial score (nSPS) is 12.0. The lowest BCUT2D eigenvalue weighted by atomic mass is 10.3. The molecule has 0 saturated heterocycles. The second-order valence-electron chi connectivity index (χ2n) is 2.89. The van der Waals surface area contributed by atoms with Crippen molar-refractivity contribution in [3.8, 4) is 5.88 Å². The average molecular weight is 296 g/mol. The summed E-state index contributed by atoms with van der Waals surface area (Å²) in [7, 11) is 0. The summed E-state index contributed by atoms with van der Waals surface area (Å²) in [6, 6.07) is 3.04. The van der Waals surface area contributed by atoms with Crippen LogP contribution in [0.3, 0.4) is 0 Å². The van der Waals surface area contributed by atoms with E-state index in [4.69, 9.17) is 0 Å². The van der Waals surface area contributed by atoms with E-state index in [-0.39, 0.29) is 5.88 Å². The molecular formula is C10H9BrF3NO. The summed E-state index contributed by atoms with van der Waals surface area (Å²) in [6.07, 6.45) is 0.767. The van der Waals surface area contributed by atoms with Crippen molar-refractivity contribution in [2.24, 2.45) is 0 Å². The third kappa shape index (κ3) is 5.16. The number of hydrogen-bond acceptors (Lipinski definition) is 2. The molecule has 0 aliphatic heterocycles. The predicted octanol–water partition coefficient (Wildman–Crippen LogP) is 3.43. The molecule has 0 amide bonds. The van der Waals surface area contributed by atoms with E-state index in [0.29, 0.717) is 5.33 Å². The summed E-state index contributed by atoms with van der Waals surface area (Å²) in [5.41, 5.74) is 0.804. The van der Waals surface area contributed by atoms with Gasteiger partial charge in [-0.15, -0.1) is 0 Å². The Balaban J connectivity index is 2.55. The summed E-state index contributed by atoms with van der Waals surface area (Å²) >= 11 is 3.21. The van der Waals surface area contributed by atoms with Crippen LogP contribution in [-0.4, -0.2) is 23.1 Å². The molecule has 0 radical (unpaired) electrons. The molecule has 0 fully saturated rings. The fraction of sp³-hybridized carbons (Fsp3) is 0.300. The molecule has 0 atom stereocenters. The maximum Gasteiger partial charge on any atom is 0.422 e. The Labute approximate surface area is 99.3 Å². The summed E-state index contributed by atoms with van der Waals surface area (Å²) in [5, 5.41) is 0.708. The minimum Gasteiger partial charge on any atom is -0.468 e. The highest BCUT2D eigenvalue weighted by Crippen LogP contribution is 2.17. The molecule has 1 rings (SSSR count). The van der Waals surface area contributed by atoms with Crippen molar-refractivity contribution >= 4 is 22.0 Å². The van der Waals surface area contributed by atoms with Gasteiger partial charge in [-0.25, -0.2) is 4.98 Å². The van der Waals surface area contributed by atoms with Gasteiger partial charge in [0.15, 0.2) is 6.61 Å². The summed E-state index contributed by atoms with van der Waals surface area (Å²) in [5.74, 6) is -0.0340. The van der Waals surface area contributed by atoms with Gasteiger partial charge in [-0.2, -0.15) is 13.2 Å². The minimum absolute atomic E-state index is 0.0340. The molecule has 0 N–H and O–H groups in total. The Hall–Kier alpha value is -1.04. The summed E-state index contributed by atoms with van der Waals surface area (Å²) < 4.78 is 39.9. The van der Waals surface area contributed by atoms with E-state index < -0.39 is 12.8 Å². The molecule has 0 saturated carbocycles. The van der Waals surface area contributed by atoms with Gasteiger partial charge in [0.25, 0.3) is 0 Å². The fourth-order valence-electron chi connectivity index (χ4n) is 0.912. The van der Waals surface area contributed by atoms with Gasteiger partial charge in [0.1, 0.15) is 0 Å². The lowest BCUT2D eigenvalue weighted by molar-refractivity contribution is -0.154. The number of pyridine rings is 1. The molecule has 16 heavy (non-hydrogen) atoms. The molecular weight excluding hydrogens is 287 g/mol. The number of nitrogens with zero attached hydrogens (tertiary/aromatic N) is 1. The number of aromatic nitrogens is 1. The molecule has 2 nitrogen and oxygen atoms in total. The van der Waals surface area contributed by atoms with Crippen LogP contribution in [0.25, 0.3) is 6.08 Å². The Kier molecular flexibility index (Phi) is 4.79. The first kappa shape index (κ1) is 13.0. The summed E-state index contributed by atoms with van der Waals surface area (Å²) in [6.45, 7) is -1.32. The van der Waals surface area contributed by atoms with Gasteiger partial charge in [0, 0.05) is 17.6 Å². The topological polar surface area (TPSA) is 22.1 Å². The first-order valence-corrected chi connectivity index (χ1v) is 5.51. The van der Waals surface area contributed by atoms with Crippen molar-refractivity contribution in [1.29, 1.82) is 0 Å². The number of halogens is 4. The Bertz CT molecular complexity index is 348. The van der Waals surface area contributed by atoms with Gasteiger partial charge < -0.3 is 4.74 Å². The maximum atomic E-state index is 11.8. The van der Waals surface area contributed by atoms with E-state index in [9.17, 15) is 13.2 Å². The molecule has 6 heteroatoms. The third-order valence-electron chi connectivity index (χ3n) is 1.54. The van der Waals surface area contributed by atoms with E-state index >= 15 is 0 Å². The van der Waals surface area contributed by atoms with Crippen LogP contribution in [-0.2, 0) is 0 Å². The molecule has 0 aromatic carbocycles. The van der Waals surface area contributed by atoms with Gasteiger partial charge in [-0.3, -0.25) is 0 Å². The zero-order valence-corrected chi connectivity index (χ0v) is 9.75. The fourth-order valence-corrected chi connectivity index (χ4v) is 1.10. The quantitative estimate of drug-likeness (QED) is 0.794. The number of rotatable bonds is 4. The van der Waals surface area contributed by atoms with Gasteiger partial charge in [0.05, 0.1) is 0 Å². The summed E-state index contributed by atoms with van der Waals surface area (Å²) in [4.78, 5) is 3.75. The van der Waals surface area contributed by atoms with Crippen molar-refractivity contribution in [3.63, 3.8) is 0 Å². The van der Waals surface area contributed by atoms with Crippen LogP contribution < -0.4 is 4.74 Å². The molecule has 1 heterocycles. The molecule has 0 bridgehead atoms. The lowest BCUT2D eigenvalue weighted by Gasteiger charge is -2.07. The van der Waals surface area contributed by atoms with Crippen molar-refractivity contribution in [1.82, 2.24) is 4.98 Å². The molecule has 0 unspecified atom stereocenters. The van der Waals surface area contributed by atoms with Crippen LogP contribution >= 0.6 is 15.9 Å². The zero-order chi connectivity index (χ0) is 12.0. The monoisotopic (exact) mass is 295 g/mol. The highest BCUT2D eigenvalue weighted by Gasteiger charge is 2.28. The van der Waals surface area contributed by atoms with E-state index in [1.54, 1.807) is 12.1 Å². The first-order valence-electron chi connectivity index (χ1n) is 4.39.